The molecule has 1 aromatic heterocycles. The summed E-state index contributed by atoms with van der Waals surface area (Å²) in [5.74, 6) is 0.640. The molecule has 0 aliphatic rings. The molecule has 6 heteroatoms. The molecule has 3 N–H and O–H groups in total. The number of anilines is 1. The smallest absolute Gasteiger partial charge is 0.320 e. The Kier molecular flexibility index (Phi) is 5.85. The summed E-state index contributed by atoms with van der Waals surface area (Å²) < 4.78 is 1.76. The number of aromatic nitrogens is 2. The van der Waals surface area contributed by atoms with Gasteiger partial charge in [-0.15, -0.1) is 0 Å². The van der Waals surface area contributed by atoms with Crippen molar-refractivity contribution in [3.05, 3.63) is 41.6 Å². The normalized spacial score (nSPS) is 12.7. The summed E-state index contributed by atoms with van der Waals surface area (Å²) in [7, 11) is 0. The van der Waals surface area contributed by atoms with Gasteiger partial charge in [-0.25, -0.2) is 9.48 Å². The predicted octanol–water partition coefficient (Wildman–Crippen LogP) is 3.37. The fourth-order valence-corrected chi connectivity index (χ4v) is 2.72. The molecule has 0 saturated heterocycles. The van der Waals surface area contributed by atoms with Crippen molar-refractivity contribution in [3.63, 3.8) is 0 Å². The minimum atomic E-state index is -0.346. The summed E-state index contributed by atoms with van der Waals surface area (Å²) in [5, 5.41) is 19.7. The Bertz CT molecular complexity index is 713. The minimum absolute atomic E-state index is 0.0892. The van der Waals surface area contributed by atoms with Crippen LogP contribution in [0.25, 0.3) is 5.69 Å². The van der Waals surface area contributed by atoms with Gasteiger partial charge >= 0.3 is 6.03 Å². The van der Waals surface area contributed by atoms with E-state index >= 15 is 0 Å². The number of rotatable bonds is 5. The highest BCUT2D eigenvalue weighted by molar-refractivity contribution is 5.90. The van der Waals surface area contributed by atoms with Gasteiger partial charge in [0.25, 0.3) is 0 Å². The number of nitrogens with one attached hydrogen (secondary N) is 2. The van der Waals surface area contributed by atoms with Crippen molar-refractivity contribution in [2.45, 2.75) is 52.5 Å². The molecule has 2 aromatic rings. The highest BCUT2D eigenvalue weighted by Gasteiger charge is 2.26. The van der Waals surface area contributed by atoms with E-state index < -0.39 is 0 Å². The average Bonchev–Trinajstić information content (AvgIpc) is 2.90. The molecule has 1 heterocycles. The van der Waals surface area contributed by atoms with Gasteiger partial charge in [-0.05, 0) is 25.5 Å². The maximum absolute atomic E-state index is 12.4. The van der Waals surface area contributed by atoms with E-state index in [0.29, 0.717) is 12.2 Å². The van der Waals surface area contributed by atoms with Gasteiger partial charge in [0.2, 0.25) is 0 Å². The topological polar surface area (TPSA) is 79.2 Å². The predicted molar refractivity (Wildman–Crippen MR) is 100 cm³/mol. The molecule has 6 nitrogen and oxygen atoms in total. The molecular formula is C19H28N4O2. The third kappa shape index (κ3) is 4.39. The lowest BCUT2D eigenvalue weighted by molar-refractivity contribution is 0.222. The van der Waals surface area contributed by atoms with E-state index in [1.807, 2.05) is 44.2 Å². The monoisotopic (exact) mass is 344 g/mol. The van der Waals surface area contributed by atoms with Crippen LogP contribution >= 0.6 is 0 Å². The Hall–Kier alpha value is -2.34. The molecule has 0 saturated carbocycles. The van der Waals surface area contributed by atoms with Crippen molar-refractivity contribution in [1.82, 2.24) is 15.1 Å². The van der Waals surface area contributed by atoms with Crippen LogP contribution in [0.3, 0.4) is 0 Å². The highest BCUT2D eigenvalue weighted by atomic mass is 16.3. The molecule has 136 valence electrons. The lowest BCUT2D eigenvalue weighted by Gasteiger charge is -2.17. The Labute approximate surface area is 149 Å². The van der Waals surface area contributed by atoms with Gasteiger partial charge in [0, 0.05) is 11.0 Å². The Morgan fingerprint density at radius 1 is 1.28 bits per heavy atom. The lowest BCUT2D eigenvalue weighted by Crippen LogP contribution is -2.40. The first kappa shape index (κ1) is 19.0. The number of carbonyl (C=O) groups is 1. The van der Waals surface area contributed by atoms with Gasteiger partial charge in [0.05, 0.1) is 24.0 Å². The Morgan fingerprint density at radius 3 is 2.44 bits per heavy atom. The fourth-order valence-electron chi connectivity index (χ4n) is 2.72. The molecule has 0 bridgehead atoms. The molecule has 1 unspecified atom stereocenters. The van der Waals surface area contributed by atoms with Crippen molar-refractivity contribution < 1.29 is 9.90 Å². The van der Waals surface area contributed by atoms with E-state index in [-0.39, 0.29) is 24.1 Å². The van der Waals surface area contributed by atoms with Crippen LogP contribution in [0.1, 0.15) is 45.4 Å². The van der Waals surface area contributed by atoms with E-state index in [9.17, 15) is 9.90 Å². The third-order valence-corrected chi connectivity index (χ3v) is 4.11. The van der Waals surface area contributed by atoms with Crippen LogP contribution in [0.15, 0.2) is 30.3 Å². The number of hydrogen-bond donors (Lipinski definition) is 3. The van der Waals surface area contributed by atoms with Gasteiger partial charge in [0.1, 0.15) is 5.82 Å². The number of carbonyl (C=O) groups excluding carboxylic acids is 1. The molecule has 1 atom stereocenters. The molecule has 0 radical (unpaired) electrons. The number of amides is 2. The van der Waals surface area contributed by atoms with Gasteiger partial charge in [0.15, 0.2) is 0 Å². The molecular weight excluding hydrogens is 316 g/mol. The van der Waals surface area contributed by atoms with Crippen LogP contribution in [-0.4, -0.2) is 33.6 Å². The zero-order valence-electron chi connectivity index (χ0n) is 15.6. The average molecular weight is 344 g/mol. The van der Waals surface area contributed by atoms with Crippen LogP contribution in [-0.2, 0) is 5.41 Å². The van der Waals surface area contributed by atoms with Crippen LogP contribution < -0.4 is 10.6 Å². The second kappa shape index (κ2) is 7.70. The summed E-state index contributed by atoms with van der Waals surface area (Å²) in [6, 6.07) is 9.10. The SMILES string of the molecule is CCC(CO)NC(=O)Nc1c(C)c(C(C)(C)C)nn1-c1ccccc1. The summed E-state index contributed by atoms with van der Waals surface area (Å²) in [5.41, 5.74) is 2.60. The Morgan fingerprint density at radius 2 is 1.92 bits per heavy atom. The summed E-state index contributed by atoms with van der Waals surface area (Å²) in [6.45, 7) is 10.1. The van der Waals surface area contributed by atoms with Gasteiger partial charge in [-0.3, -0.25) is 5.32 Å². The number of benzene rings is 1. The fraction of sp³-hybridized carbons (Fsp3) is 0.474. The standard InChI is InChI=1S/C19H28N4O2/c1-6-14(12-24)20-18(25)21-17-13(2)16(19(3,4)5)22-23(17)15-10-8-7-9-11-15/h7-11,14,24H,6,12H2,1-5H3,(H2,20,21,25). The third-order valence-electron chi connectivity index (χ3n) is 4.11. The number of aliphatic hydroxyl groups excluding tert-OH is 1. The number of aliphatic hydroxyl groups is 1. The number of para-hydroxylation sites is 1. The highest BCUT2D eigenvalue weighted by Crippen LogP contribution is 2.31. The van der Waals surface area contributed by atoms with Gasteiger partial charge in [-0.1, -0.05) is 45.9 Å². The van der Waals surface area contributed by atoms with Gasteiger partial charge in [-0.2, -0.15) is 5.10 Å². The molecule has 1 aromatic carbocycles. The first-order valence-electron chi connectivity index (χ1n) is 8.61. The number of nitrogens with zero attached hydrogens (tertiary/aromatic N) is 2. The molecule has 0 aliphatic heterocycles. The zero-order chi connectivity index (χ0) is 18.6. The number of hydrogen-bond acceptors (Lipinski definition) is 3. The molecule has 2 amide bonds. The first-order valence-corrected chi connectivity index (χ1v) is 8.61. The molecule has 25 heavy (non-hydrogen) atoms. The zero-order valence-corrected chi connectivity index (χ0v) is 15.6. The lowest BCUT2D eigenvalue weighted by atomic mass is 9.90. The van der Waals surface area contributed by atoms with E-state index in [2.05, 4.69) is 31.4 Å². The van der Waals surface area contributed by atoms with E-state index in [1.54, 1.807) is 4.68 Å². The largest absolute Gasteiger partial charge is 0.394 e. The first-order chi connectivity index (χ1) is 11.8. The second-order valence-corrected chi connectivity index (χ2v) is 7.21. The molecule has 2 rings (SSSR count). The summed E-state index contributed by atoms with van der Waals surface area (Å²) in [6.07, 6.45) is 0.661. The maximum Gasteiger partial charge on any atom is 0.320 e. The van der Waals surface area contributed by atoms with E-state index in [4.69, 9.17) is 5.10 Å². The second-order valence-electron chi connectivity index (χ2n) is 7.21. The van der Waals surface area contributed by atoms with Crippen LogP contribution in [0.5, 0.6) is 0 Å². The summed E-state index contributed by atoms with van der Waals surface area (Å²) >= 11 is 0. The van der Waals surface area contributed by atoms with Crippen molar-refractivity contribution in [3.8, 4) is 5.69 Å². The van der Waals surface area contributed by atoms with Crippen LogP contribution in [0.2, 0.25) is 0 Å². The molecule has 0 aliphatic carbocycles. The number of urea groups is 1. The van der Waals surface area contributed by atoms with Crippen molar-refractivity contribution in [1.29, 1.82) is 0 Å². The van der Waals surface area contributed by atoms with Gasteiger partial charge < -0.3 is 10.4 Å². The van der Waals surface area contributed by atoms with Crippen molar-refractivity contribution in [2.24, 2.45) is 0 Å². The minimum Gasteiger partial charge on any atom is -0.394 e. The van der Waals surface area contributed by atoms with Crippen LogP contribution in [0, 0.1) is 6.92 Å². The van der Waals surface area contributed by atoms with E-state index in [1.165, 1.54) is 0 Å². The quantitative estimate of drug-likeness (QED) is 0.778. The van der Waals surface area contributed by atoms with E-state index in [0.717, 1.165) is 16.9 Å². The van der Waals surface area contributed by atoms with Crippen molar-refractivity contribution >= 4 is 11.8 Å². The Balaban J connectivity index is 2.41. The maximum atomic E-state index is 12.4. The summed E-state index contributed by atoms with van der Waals surface area (Å²) in [4.78, 5) is 12.4. The van der Waals surface area contributed by atoms with Crippen LogP contribution in [0.4, 0.5) is 10.6 Å². The molecule has 0 spiro atoms. The van der Waals surface area contributed by atoms with Crippen molar-refractivity contribution in [2.75, 3.05) is 11.9 Å². The molecule has 0 fully saturated rings.